The highest BCUT2D eigenvalue weighted by Gasteiger charge is 2.44. The summed E-state index contributed by atoms with van der Waals surface area (Å²) in [6.45, 7) is 27.5. The van der Waals surface area contributed by atoms with E-state index in [-0.39, 0.29) is 22.2 Å². The highest BCUT2D eigenvalue weighted by molar-refractivity contribution is 7.80. The van der Waals surface area contributed by atoms with Gasteiger partial charge in [-0.1, -0.05) is 70.0 Å². The molecule has 23 rings (SSSR count). The van der Waals surface area contributed by atoms with Gasteiger partial charge in [-0.2, -0.15) is 19.9 Å². The van der Waals surface area contributed by atoms with E-state index in [4.69, 9.17) is 42.1 Å². The highest BCUT2D eigenvalue weighted by Crippen LogP contribution is 2.48. The van der Waals surface area contributed by atoms with Crippen LogP contribution < -0.4 is 40.9 Å². The largest absolute Gasteiger partial charge is 0.368 e. The van der Waals surface area contributed by atoms with E-state index in [1.165, 1.54) is 155 Å². The molecule has 7 fully saturated rings. The number of nitrogens with zero attached hydrogens (tertiary/aromatic N) is 26. The number of thiocarbonyl (C=S) groups is 1. The lowest BCUT2D eigenvalue weighted by Crippen LogP contribution is -2.44. The molecule has 4 N–H and O–H groups in total. The molecule has 0 bridgehead atoms. The summed E-state index contributed by atoms with van der Waals surface area (Å²) in [6, 6.07) is 25.4. The molecular weight excluding hydrogens is 1620 g/mol. The van der Waals surface area contributed by atoms with E-state index in [1.54, 1.807) is 0 Å². The molecule has 3 spiro atoms. The number of pyridine rings is 4. The summed E-state index contributed by atoms with van der Waals surface area (Å²) in [5.41, 5.74) is 16.2. The molecule has 0 amide bonds. The second-order valence-electron chi connectivity index (χ2n) is 38.5. The van der Waals surface area contributed by atoms with E-state index >= 15 is 0 Å². The number of hydrogen-bond donors (Lipinski definition) is 4. The summed E-state index contributed by atoms with van der Waals surface area (Å²) in [5, 5.41) is 17.6. The summed E-state index contributed by atoms with van der Waals surface area (Å²) >= 11 is 5.76. The van der Waals surface area contributed by atoms with Crippen molar-refractivity contribution in [2.24, 2.45) is 9.98 Å². The first-order valence-corrected chi connectivity index (χ1v) is 47.5. The highest BCUT2D eigenvalue weighted by atomic mass is 32.1. The number of aliphatic imine (C=N–C) groups is 2. The molecule has 12 aromatic rings. The van der Waals surface area contributed by atoms with Crippen LogP contribution in [0.3, 0.4) is 0 Å². The third kappa shape index (κ3) is 17.4. The quantitative estimate of drug-likeness (QED) is 0.0827. The summed E-state index contributed by atoms with van der Waals surface area (Å²) in [4.78, 5) is 86.4. The van der Waals surface area contributed by atoms with Gasteiger partial charge in [-0.3, -0.25) is 9.98 Å². The Morgan fingerprint density at radius 1 is 0.305 bits per heavy atom. The Morgan fingerprint density at radius 2 is 0.609 bits per heavy atom. The Labute approximate surface area is 756 Å². The Morgan fingerprint density at radius 3 is 0.938 bits per heavy atom. The number of aryl methyl sites for hydroxylation is 1. The zero-order valence-corrected chi connectivity index (χ0v) is 76.8. The molecule has 3 aliphatic carbocycles. The fourth-order valence-corrected chi connectivity index (χ4v) is 21.9. The fraction of sp³-hybridized carbons (Fsp3) is 0.515. The standard InChI is InChI=1S/2C25H32N8.C25H31N7S.C22H29N7/c2*1-18-21-14-19-15-27-24(30-23(19)33(21)25(17-28-18)8-4-3-5-9-25)29-22-7-6-20(16-26-22)32-12-10-31(2)11-13-32;1-30-11-13-31(14-12-30)19-5-6-22(26-17-19)28-24-27-16-18-15-20-21(33)7-10-25(8-3-2-4-9-25)32(20)23(18)29-24;1-22(2)8-4-5-17-13-16-14-24-21(26-20(16)29(17)22)25-19-7-6-18(15-23-19)28-11-9-27(3)10-12-28/h2*6-7,14-16H,3-5,8-13,17H2,1-2H3,(H,26,27,29,30);5-6,15-17H,2-4,7-14H2,1H3,(H,26,27,28,29);6-7,13-15H,4-5,8-12H2,1-3H3,(H,23,24,25,26). The van der Waals surface area contributed by atoms with Crippen LogP contribution in [-0.2, 0) is 28.6 Å². The maximum Gasteiger partial charge on any atom is 0.230 e. The van der Waals surface area contributed by atoms with Crippen molar-refractivity contribution < 1.29 is 0 Å². The van der Waals surface area contributed by atoms with Crippen molar-refractivity contribution in [3.63, 3.8) is 0 Å². The molecule has 0 radical (unpaired) electrons. The van der Waals surface area contributed by atoms with E-state index in [9.17, 15) is 0 Å². The Hall–Kier alpha value is -11.3. The Balaban J connectivity index is 0.000000107. The van der Waals surface area contributed by atoms with Gasteiger partial charge in [0.15, 0.2) is 0 Å². The normalized spacial score (nSPS) is 20.4. The number of rotatable bonds is 12. The van der Waals surface area contributed by atoms with Crippen molar-refractivity contribution in [1.82, 2.24) is 97.7 Å². The molecule has 4 saturated heterocycles. The van der Waals surface area contributed by atoms with Gasteiger partial charge in [0.1, 0.15) is 45.9 Å². The van der Waals surface area contributed by atoms with E-state index in [2.05, 4.69) is 223 Å². The van der Waals surface area contributed by atoms with Crippen LogP contribution in [0.4, 0.5) is 69.8 Å². The van der Waals surface area contributed by atoms with Crippen LogP contribution in [0.5, 0.6) is 0 Å². The molecule has 128 heavy (non-hydrogen) atoms. The van der Waals surface area contributed by atoms with Crippen LogP contribution in [0.25, 0.3) is 44.1 Å². The number of likely N-dealkylation sites (N-methyl/N-ethyl adjacent to an activating group) is 4. The second-order valence-corrected chi connectivity index (χ2v) is 39.0. The fourth-order valence-electron chi connectivity index (χ4n) is 21.7. The number of piperazine rings is 4. The SMILES string of the molecule is CC1=NCC2(CCCCC2)n2c1cc1cnc(Nc3ccc(N4CCN(C)CC4)cn3)nc12.CC1=NCC2(CCCCC2)n2c1cc1cnc(Nc3ccc(N4CCN(C)CC4)cn3)nc12.CN1CCN(c2ccc(Nc3ncc4cc5n(c4n3)C(C)(C)CCC5)nc2)CC1.CN1CCN(c2ccc(Nc3ncc4cc5n(c4n3)C3(CCCCC3)CCC5=S)nc2)CC1. The van der Waals surface area contributed by atoms with Crippen LogP contribution in [0.2, 0.25) is 0 Å². The number of hydrogen-bond acceptors (Lipinski definition) is 27. The number of nitrogens with one attached hydrogen (secondary N) is 4. The first-order valence-electron chi connectivity index (χ1n) is 47.1. The minimum atomic E-state index is 0.0584. The zero-order valence-electron chi connectivity index (χ0n) is 76.0. The predicted molar refractivity (Wildman–Crippen MR) is 520 cm³/mol. The van der Waals surface area contributed by atoms with Crippen molar-refractivity contribution in [2.75, 3.05) is 187 Å². The maximum atomic E-state index is 5.76. The molecule has 0 aromatic carbocycles. The molecule has 31 heteroatoms. The molecular formula is C97H124N30S. The molecule has 8 aliphatic heterocycles. The summed E-state index contributed by atoms with van der Waals surface area (Å²) in [6.07, 6.45) is 39.8. The van der Waals surface area contributed by atoms with Gasteiger partial charge < -0.3 is 78.7 Å². The maximum absolute atomic E-state index is 5.76. The molecule has 0 atom stereocenters. The van der Waals surface area contributed by atoms with Gasteiger partial charge in [0.05, 0.1) is 100 Å². The first-order chi connectivity index (χ1) is 62.3. The van der Waals surface area contributed by atoms with Gasteiger partial charge in [0, 0.05) is 173 Å². The van der Waals surface area contributed by atoms with Gasteiger partial charge in [-0.05, 0) is 199 Å². The van der Waals surface area contributed by atoms with Crippen molar-refractivity contribution in [2.45, 2.75) is 178 Å². The third-order valence-corrected chi connectivity index (χ3v) is 29.7. The minimum absolute atomic E-state index is 0.0584. The van der Waals surface area contributed by atoms with Gasteiger partial charge >= 0.3 is 0 Å². The summed E-state index contributed by atoms with van der Waals surface area (Å²) in [7, 11) is 8.69. The molecule has 12 aromatic heterocycles. The van der Waals surface area contributed by atoms with Crippen LogP contribution >= 0.6 is 12.2 Å². The van der Waals surface area contributed by atoms with Gasteiger partial charge in [-0.25, -0.2) is 39.9 Å². The van der Waals surface area contributed by atoms with Crippen LogP contribution in [0, 0.1) is 0 Å². The smallest absolute Gasteiger partial charge is 0.230 e. The first kappa shape index (κ1) is 84.9. The minimum Gasteiger partial charge on any atom is -0.368 e. The number of anilines is 12. The third-order valence-electron chi connectivity index (χ3n) is 29.3. The van der Waals surface area contributed by atoms with Crippen molar-refractivity contribution >= 4 is 142 Å². The van der Waals surface area contributed by atoms with E-state index in [0.29, 0.717) is 23.8 Å². The lowest BCUT2D eigenvalue weighted by Gasteiger charge is -2.43. The van der Waals surface area contributed by atoms with Crippen LogP contribution in [-0.4, -0.2) is 260 Å². The van der Waals surface area contributed by atoms with Gasteiger partial charge in [0.25, 0.3) is 0 Å². The topological polar surface area (TPSA) is 273 Å². The van der Waals surface area contributed by atoms with Crippen LogP contribution in [0.1, 0.15) is 172 Å². The van der Waals surface area contributed by atoms with Crippen molar-refractivity contribution in [3.8, 4) is 0 Å². The molecule has 30 nitrogen and oxygen atoms in total. The second kappa shape index (κ2) is 36.0. The Bertz CT molecular complexity index is 5670. The lowest BCUT2D eigenvalue weighted by molar-refractivity contribution is 0.180. The molecule has 3 saturated carbocycles. The van der Waals surface area contributed by atoms with E-state index in [0.717, 1.165) is 221 Å². The van der Waals surface area contributed by atoms with Crippen LogP contribution in [0.15, 0.2) is 132 Å². The average molecular weight is 1740 g/mol. The Kier molecular flexibility index (Phi) is 23.9. The van der Waals surface area contributed by atoms with Gasteiger partial charge in [-0.15, -0.1) is 0 Å². The van der Waals surface area contributed by atoms with E-state index < -0.39 is 0 Å². The summed E-state index contributed by atoms with van der Waals surface area (Å²) < 4.78 is 9.80. The van der Waals surface area contributed by atoms with Gasteiger partial charge in [0.2, 0.25) is 23.8 Å². The number of aromatic nitrogens is 16. The van der Waals surface area contributed by atoms with Crippen molar-refractivity contribution in [1.29, 1.82) is 0 Å². The molecule has 668 valence electrons. The molecule has 20 heterocycles. The predicted octanol–water partition coefficient (Wildman–Crippen LogP) is 15.5. The zero-order chi connectivity index (χ0) is 87.3. The molecule has 0 unspecified atom stereocenters. The number of fused-ring (bicyclic) bond motifs is 15. The average Bonchev–Trinajstić information content (AvgIpc) is 1.57. The molecule has 11 aliphatic rings. The lowest BCUT2D eigenvalue weighted by atomic mass is 9.76. The van der Waals surface area contributed by atoms with E-state index in [1.807, 2.05) is 73.8 Å². The van der Waals surface area contributed by atoms with Crippen molar-refractivity contribution in [3.05, 3.63) is 145 Å². The monoisotopic (exact) mass is 1740 g/mol. The summed E-state index contributed by atoms with van der Waals surface area (Å²) in [5.74, 6) is 5.44.